The van der Waals surface area contributed by atoms with Crippen molar-refractivity contribution in [2.75, 3.05) is 0 Å². The standard InChI is InChI=1S/C18H17N7S/c1-2-7-15-14(6-1)20-18(26-15)17-19-8-9-25(17)11-12-4-3-5-13(10-12)16-21-23-24-22-16/h3-5,8-10H,1-2,6-7,11H2,(H,21,22,23,24). The van der Waals surface area contributed by atoms with Crippen molar-refractivity contribution in [1.29, 1.82) is 0 Å². The van der Waals surface area contributed by atoms with Gasteiger partial charge in [0, 0.05) is 29.4 Å². The third-order valence-electron chi connectivity index (χ3n) is 4.64. The quantitative estimate of drug-likeness (QED) is 0.602. The summed E-state index contributed by atoms with van der Waals surface area (Å²) in [6.45, 7) is 0.727. The van der Waals surface area contributed by atoms with E-state index >= 15 is 0 Å². The maximum absolute atomic E-state index is 4.86. The molecule has 1 N–H and O–H groups in total. The number of imidazole rings is 1. The maximum Gasteiger partial charge on any atom is 0.204 e. The van der Waals surface area contributed by atoms with Crippen molar-refractivity contribution >= 4 is 11.3 Å². The average Bonchev–Trinajstić information content (AvgIpc) is 3.41. The minimum Gasteiger partial charge on any atom is -0.325 e. The Hall–Kier alpha value is -2.87. The highest BCUT2D eigenvalue weighted by Gasteiger charge is 2.18. The fourth-order valence-electron chi connectivity index (χ4n) is 3.37. The Morgan fingerprint density at radius 1 is 1.19 bits per heavy atom. The van der Waals surface area contributed by atoms with Crippen molar-refractivity contribution in [3.63, 3.8) is 0 Å². The van der Waals surface area contributed by atoms with Crippen LogP contribution in [0.25, 0.3) is 22.2 Å². The van der Waals surface area contributed by atoms with Gasteiger partial charge in [-0.2, -0.15) is 5.21 Å². The van der Waals surface area contributed by atoms with Crippen molar-refractivity contribution in [2.24, 2.45) is 0 Å². The summed E-state index contributed by atoms with van der Waals surface area (Å²) in [5.41, 5.74) is 3.38. The summed E-state index contributed by atoms with van der Waals surface area (Å²) in [4.78, 5) is 10.9. The summed E-state index contributed by atoms with van der Waals surface area (Å²) in [5, 5.41) is 15.3. The number of hydrogen-bond acceptors (Lipinski definition) is 6. The molecule has 0 radical (unpaired) electrons. The van der Waals surface area contributed by atoms with E-state index in [2.05, 4.69) is 42.3 Å². The largest absolute Gasteiger partial charge is 0.325 e. The second kappa shape index (κ2) is 6.45. The molecule has 130 valence electrons. The molecule has 0 saturated carbocycles. The Labute approximate surface area is 154 Å². The second-order valence-corrected chi connectivity index (χ2v) is 7.49. The smallest absolute Gasteiger partial charge is 0.204 e. The molecule has 1 aliphatic rings. The molecule has 4 aromatic rings. The lowest BCUT2D eigenvalue weighted by Gasteiger charge is -2.07. The predicted molar refractivity (Wildman–Crippen MR) is 98.7 cm³/mol. The number of fused-ring (bicyclic) bond motifs is 1. The molecule has 8 heteroatoms. The number of nitrogens with one attached hydrogen (secondary N) is 1. The van der Waals surface area contributed by atoms with Crippen molar-refractivity contribution in [3.05, 3.63) is 52.8 Å². The van der Waals surface area contributed by atoms with Crippen LogP contribution in [0, 0.1) is 0 Å². The fourth-order valence-corrected chi connectivity index (χ4v) is 4.53. The Balaban J connectivity index is 1.45. The summed E-state index contributed by atoms with van der Waals surface area (Å²) in [6.07, 6.45) is 8.62. The number of benzene rings is 1. The molecule has 0 saturated heterocycles. The lowest BCUT2D eigenvalue weighted by atomic mass is 10.0. The van der Waals surface area contributed by atoms with Crippen LogP contribution in [0.15, 0.2) is 36.7 Å². The zero-order valence-electron chi connectivity index (χ0n) is 14.1. The number of H-pyrrole nitrogens is 1. The Bertz CT molecular complexity index is 1010. The number of tetrazole rings is 1. The monoisotopic (exact) mass is 363 g/mol. The summed E-state index contributed by atoms with van der Waals surface area (Å²) >= 11 is 1.79. The SMILES string of the molecule is c1cc(Cn2ccnc2-c2nc3c(s2)CCCC3)cc(-c2nn[nH]n2)c1. The van der Waals surface area contributed by atoms with Gasteiger partial charge in [0.25, 0.3) is 0 Å². The molecule has 3 heterocycles. The minimum absolute atomic E-state index is 0.602. The first kappa shape index (κ1) is 15.4. The zero-order chi connectivity index (χ0) is 17.3. The van der Waals surface area contributed by atoms with Crippen LogP contribution < -0.4 is 0 Å². The van der Waals surface area contributed by atoms with Crippen molar-refractivity contribution in [3.8, 4) is 22.2 Å². The van der Waals surface area contributed by atoms with Gasteiger partial charge in [-0.15, -0.1) is 21.5 Å². The van der Waals surface area contributed by atoms with E-state index in [1.807, 2.05) is 24.5 Å². The van der Waals surface area contributed by atoms with Gasteiger partial charge >= 0.3 is 0 Å². The van der Waals surface area contributed by atoms with Gasteiger partial charge in [-0.25, -0.2) is 9.97 Å². The number of hydrogen-bond donors (Lipinski definition) is 1. The molecule has 26 heavy (non-hydrogen) atoms. The fraction of sp³-hybridized carbons (Fsp3) is 0.278. The molecule has 0 fully saturated rings. The van der Waals surface area contributed by atoms with Crippen molar-refractivity contribution in [1.82, 2.24) is 35.2 Å². The highest BCUT2D eigenvalue weighted by Crippen LogP contribution is 2.32. The van der Waals surface area contributed by atoms with E-state index in [0.29, 0.717) is 5.82 Å². The van der Waals surface area contributed by atoms with Gasteiger partial charge in [0.15, 0.2) is 10.8 Å². The maximum atomic E-state index is 4.86. The summed E-state index contributed by atoms with van der Waals surface area (Å²) in [5.74, 6) is 1.54. The molecule has 3 aromatic heterocycles. The third-order valence-corrected chi connectivity index (χ3v) is 5.79. The summed E-state index contributed by atoms with van der Waals surface area (Å²) < 4.78 is 2.15. The van der Waals surface area contributed by atoms with Crippen molar-refractivity contribution < 1.29 is 0 Å². The molecule has 0 spiro atoms. The Kier molecular flexibility index (Phi) is 3.82. The first-order valence-electron chi connectivity index (χ1n) is 8.70. The van der Waals surface area contributed by atoms with E-state index in [1.54, 1.807) is 11.3 Å². The van der Waals surface area contributed by atoms with E-state index in [1.165, 1.54) is 23.4 Å². The third kappa shape index (κ3) is 2.82. The minimum atomic E-state index is 0.602. The number of aryl methyl sites for hydroxylation is 2. The molecular formula is C18H17N7S. The molecular weight excluding hydrogens is 346 g/mol. The van der Waals surface area contributed by atoms with Crippen LogP contribution in [-0.2, 0) is 19.4 Å². The molecule has 5 rings (SSSR count). The van der Waals surface area contributed by atoms with E-state index in [-0.39, 0.29) is 0 Å². The molecule has 1 aromatic carbocycles. The number of thiazole rings is 1. The zero-order valence-corrected chi connectivity index (χ0v) is 14.9. The molecule has 0 bridgehead atoms. The van der Waals surface area contributed by atoms with Crippen LogP contribution in [0.2, 0.25) is 0 Å². The van der Waals surface area contributed by atoms with Gasteiger partial charge < -0.3 is 4.57 Å². The molecule has 0 amide bonds. The summed E-state index contributed by atoms with van der Waals surface area (Å²) in [7, 11) is 0. The average molecular weight is 363 g/mol. The van der Waals surface area contributed by atoms with E-state index in [4.69, 9.17) is 4.98 Å². The Morgan fingerprint density at radius 2 is 2.15 bits per heavy atom. The number of rotatable bonds is 4. The second-order valence-electron chi connectivity index (χ2n) is 6.41. The van der Waals surface area contributed by atoms with Gasteiger partial charge in [-0.1, -0.05) is 18.2 Å². The molecule has 1 aliphatic carbocycles. The van der Waals surface area contributed by atoms with Gasteiger partial charge in [0.2, 0.25) is 5.82 Å². The normalized spacial score (nSPS) is 13.7. The lowest BCUT2D eigenvalue weighted by molar-refractivity contribution is 0.682. The van der Waals surface area contributed by atoms with Crippen LogP contribution in [-0.4, -0.2) is 35.2 Å². The topological polar surface area (TPSA) is 85.2 Å². The van der Waals surface area contributed by atoms with Crippen LogP contribution in [0.3, 0.4) is 0 Å². The van der Waals surface area contributed by atoms with E-state index in [0.717, 1.165) is 41.3 Å². The van der Waals surface area contributed by atoms with Crippen LogP contribution in [0.1, 0.15) is 29.0 Å². The van der Waals surface area contributed by atoms with Gasteiger partial charge in [-0.3, -0.25) is 0 Å². The number of nitrogens with zero attached hydrogens (tertiary/aromatic N) is 6. The lowest BCUT2D eigenvalue weighted by Crippen LogP contribution is -2.02. The number of aromatic amines is 1. The van der Waals surface area contributed by atoms with Crippen molar-refractivity contribution in [2.45, 2.75) is 32.2 Å². The number of aromatic nitrogens is 7. The predicted octanol–water partition coefficient (Wildman–Crippen LogP) is 3.11. The van der Waals surface area contributed by atoms with E-state index in [9.17, 15) is 0 Å². The first-order chi connectivity index (χ1) is 12.9. The highest BCUT2D eigenvalue weighted by atomic mass is 32.1. The van der Waals surface area contributed by atoms with Gasteiger partial charge in [0.1, 0.15) is 0 Å². The summed E-state index contributed by atoms with van der Waals surface area (Å²) in [6, 6.07) is 8.18. The molecule has 0 atom stereocenters. The van der Waals surface area contributed by atoms with Gasteiger partial charge in [0.05, 0.1) is 5.69 Å². The van der Waals surface area contributed by atoms with Crippen LogP contribution in [0.5, 0.6) is 0 Å². The highest BCUT2D eigenvalue weighted by molar-refractivity contribution is 7.15. The van der Waals surface area contributed by atoms with E-state index < -0.39 is 0 Å². The molecule has 0 aliphatic heterocycles. The Morgan fingerprint density at radius 3 is 3.04 bits per heavy atom. The molecule has 7 nitrogen and oxygen atoms in total. The van der Waals surface area contributed by atoms with Gasteiger partial charge in [-0.05, 0) is 42.5 Å². The van der Waals surface area contributed by atoms with Crippen LogP contribution in [0.4, 0.5) is 0 Å². The van der Waals surface area contributed by atoms with Crippen LogP contribution >= 0.6 is 11.3 Å². The molecule has 0 unspecified atom stereocenters. The first-order valence-corrected chi connectivity index (χ1v) is 9.51.